The first-order chi connectivity index (χ1) is 7.77. The minimum absolute atomic E-state index is 0.194. The molecule has 2 aromatic heterocycles. The molecule has 0 aliphatic heterocycles. The van der Waals surface area contributed by atoms with Gasteiger partial charge < -0.3 is 5.32 Å². The molecule has 0 aliphatic carbocycles. The third-order valence-corrected chi connectivity index (χ3v) is 3.30. The third kappa shape index (κ3) is 2.65. The molecule has 0 spiro atoms. The molecule has 0 bridgehead atoms. The van der Waals surface area contributed by atoms with Gasteiger partial charge in [0.1, 0.15) is 5.69 Å². The molecular weight excluding hydrogens is 290 g/mol. The number of carbonyl (C=O) groups is 1. The van der Waals surface area contributed by atoms with Gasteiger partial charge in [-0.15, -0.1) is 11.3 Å². The lowest BCUT2D eigenvalue weighted by Crippen LogP contribution is -2.23. The summed E-state index contributed by atoms with van der Waals surface area (Å²) < 4.78 is 0.691. The summed E-state index contributed by atoms with van der Waals surface area (Å²) >= 11 is 4.79. The monoisotopic (exact) mass is 297 g/mol. The predicted octanol–water partition coefficient (Wildman–Crippen LogP) is 2.23. The number of amides is 1. The molecule has 0 fully saturated rings. The first-order valence-electron chi connectivity index (χ1n) is 4.53. The van der Waals surface area contributed by atoms with E-state index in [-0.39, 0.29) is 5.91 Å². The van der Waals surface area contributed by atoms with E-state index in [9.17, 15) is 4.79 Å². The summed E-state index contributed by atoms with van der Waals surface area (Å²) in [5.41, 5.74) is 2.13. The summed E-state index contributed by atoms with van der Waals surface area (Å²) in [5, 5.41) is 2.78. The molecule has 1 N–H and O–H groups in total. The van der Waals surface area contributed by atoms with Gasteiger partial charge in [-0.2, -0.15) is 0 Å². The van der Waals surface area contributed by atoms with Crippen LogP contribution in [0.5, 0.6) is 0 Å². The molecule has 0 aliphatic rings. The molecule has 4 nitrogen and oxygen atoms in total. The molecule has 6 heteroatoms. The fourth-order valence-electron chi connectivity index (χ4n) is 1.13. The second kappa shape index (κ2) is 5.18. The highest BCUT2D eigenvalue weighted by Crippen LogP contribution is 2.13. The lowest BCUT2D eigenvalue weighted by molar-refractivity contribution is 0.0945. The van der Waals surface area contributed by atoms with E-state index in [1.165, 1.54) is 11.3 Å². The summed E-state index contributed by atoms with van der Waals surface area (Å²) in [4.78, 5) is 20.7. The molecule has 0 saturated carbocycles. The topological polar surface area (TPSA) is 54.9 Å². The lowest BCUT2D eigenvalue weighted by Gasteiger charge is -2.03. The van der Waals surface area contributed by atoms with E-state index in [1.54, 1.807) is 30.0 Å². The van der Waals surface area contributed by atoms with Crippen LogP contribution in [0.15, 0.2) is 34.5 Å². The van der Waals surface area contributed by atoms with Gasteiger partial charge in [0.25, 0.3) is 5.91 Å². The van der Waals surface area contributed by atoms with Gasteiger partial charge in [-0.3, -0.25) is 9.78 Å². The smallest absolute Gasteiger partial charge is 0.271 e. The number of halogens is 1. The van der Waals surface area contributed by atoms with Crippen LogP contribution in [0, 0.1) is 0 Å². The minimum Gasteiger partial charge on any atom is -0.346 e. The van der Waals surface area contributed by atoms with Crippen LogP contribution in [-0.2, 0) is 6.54 Å². The van der Waals surface area contributed by atoms with Crippen LogP contribution >= 0.6 is 27.3 Å². The van der Waals surface area contributed by atoms with Crippen LogP contribution in [0.25, 0.3) is 0 Å². The van der Waals surface area contributed by atoms with E-state index in [0.29, 0.717) is 16.7 Å². The molecule has 2 heterocycles. The largest absolute Gasteiger partial charge is 0.346 e. The molecule has 0 aromatic carbocycles. The average Bonchev–Trinajstić information content (AvgIpc) is 2.79. The van der Waals surface area contributed by atoms with Crippen molar-refractivity contribution in [1.82, 2.24) is 15.3 Å². The Morgan fingerprint density at radius 3 is 3.12 bits per heavy atom. The Kier molecular flexibility index (Phi) is 3.63. The van der Waals surface area contributed by atoms with Crippen LogP contribution in [0.2, 0.25) is 0 Å². The molecule has 16 heavy (non-hydrogen) atoms. The SMILES string of the molecule is O=C(NCc1cncs1)c1ncccc1Br. The van der Waals surface area contributed by atoms with E-state index in [2.05, 4.69) is 31.2 Å². The van der Waals surface area contributed by atoms with Crippen molar-refractivity contribution in [2.75, 3.05) is 0 Å². The zero-order valence-electron chi connectivity index (χ0n) is 8.18. The molecule has 0 saturated heterocycles. The Bertz CT molecular complexity index is 487. The standard InChI is InChI=1S/C10H8BrN3OS/c11-8-2-1-3-13-9(8)10(15)14-5-7-4-12-6-16-7/h1-4,6H,5H2,(H,14,15). The fourth-order valence-corrected chi connectivity index (χ4v) is 2.10. The van der Waals surface area contributed by atoms with Crippen LogP contribution in [0.4, 0.5) is 0 Å². The number of pyridine rings is 1. The van der Waals surface area contributed by atoms with Gasteiger partial charge in [0.05, 0.1) is 12.1 Å². The van der Waals surface area contributed by atoms with Gasteiger partial charge >= 0.3 is 0 Å². The number of nitrogens with one attached hydrogen (secondary N) is 1. The molecule has 2 rings (SSSR count). The van der Waals surface area contributed by atoms with Crippen LogP contribution in [-0.4, -0.2) is 15.9 Å². The Balaban J connectivity index is 2.01. The summed E-state index contributed by atoms with van der Waals surface area (Å²) in [6.45, 7) is 0.479. The molecule has 82 valence electrons. The second-order valence-electron chi connectivity index (χ2n) is 2.98. The summed E-state index contributed by atoms with van der Waals surface area (Å²) in [7, 11) is 0. The van der Waals surface area contributed by atoms with Crippen molar-refractivity contribution in [3.8, 4) is 0 Å². The Morgan fingerprint density at radius 2 is 2.44 bits per heavy atom. The number of rotatable bonds is 3. The summed E-state index contributed by atoms with van der Waals surface area (Å²) in [5.74, 6) is -0.194. The van der Waals surface area contributed by atoms with Crippen molar-refractivity contribution >= 4 is 33.2 Å². The van der Waals surface area contributed by atoms with Crippen molar-refractivity contribution in [1.29, 1.82) is 0 Å². The maximum absolute atomic E-state index is 11.7. The van der Waals surface area contributed by atoms with Gasteiger partial charge in [0.15, 0.2) is 0 Å². The first kappa shape index (κ1) is 11.2. The fraction of sp³-hybridized carbons (Fsp3) is 0.100. The number of hydrogen-bond donors (Lipinski definition) is 1. The number of hydrogen-bond acceptors (Lipinski definition) is 4. The van der Waals surface area contributed by atoms with Gasteiger partial charge in [-0.25, -0.2) is 4.98 Å². The Labute approximate surface area is 105 Å². The van der Waals surface area contributed by atoms with Gasteiger partial charge in [0, 0.05) is 21.7 Å². The highest BCUT2D eigenvalue weighted by molar-refractivity contribution is 9.10. The van der Waals surface area contributed by atoms with Crippen LogP contribution < -0.4 is 5.32 Å². The maximum Gasteiger partial charge on any atom is 0.271 e. The summed E-state index contributed by atoms with van der Waals surface area (Å²) in [6, 6.07) is 3.55. The van der Waals surface area contributed by atoms with E-state index in [1.807, 2.05) is 0 Å². The van der Waals surface area contributed by atoms with Crippen molar-refractivity contribution in [2.45, 2.75) is 6.54 Å². The van der Waals surface area contributed by atoms with Gasteiger partial charge in [-0.05, 0) is 28.1 Å². The normalized spacial score (nSPS) is 10.1. The van der Waals surface area contributed by atoms with Gasteiger partial charge in [-0.1, -0.05) is 0 Å². The third-order valence-electron chi connectivity index (χ3n) is 1.88. The number of carbonyl (C=O) groups excluding carboxylic acids is 1. The first-order valence-corrected chi connectivity index (χ1v) is 6.20. The van der Waals surface area contributed by atoms with Crippen LogP contribution in [0.3, 0.4) is 0 Å². The van der Waals surface area contributed by atoms with Crippen molar-refractivity contribution < 1.29 is 4.79 Å². The molecule has 1 amide bonds. The highest BCUT2D eigenvalue weighted by atomic mass is 79.9. The number of aromatic nitrogens is 2. The lowest BCUT2D eigenvalue weighted by atomic mass is 10.3. The van der Waals surface area contributed by atoms with Crippen LogP contribution in [0.1, 0.15) is 15.4 Å². The molecule has 0 atom stereocenters. The Morgan fingerprint density at radius 1 is 1.56 bits per heavy atom. The van der Waals surface area contributed by atoms with E-state index < -0.39 is 0 Å². The molecular formula is C10H8BrN3OS. The Hall–Kier alpha value is -1.27. The predicted molar refractivity (Wildman–Crippen MR) is 65.2 cm³/mol. The number of nitrogens with zero attached hydrogens (tertiary/aromatic N) is 2. The zero-order valence-corrected chi connectivity index (χ0v) is 10.6. The second-order valence-corrected chi connectivity index (χ2v) is 4.81. The molecule has 2 aromatic rings. The summed E-state index contributed by atoms with van der Waals surface area (Å²) in [6.07, 6.45) is 3.32. The number of thiazole rings is 1. The van der Waals surface area contributed by atoms with E-state index in [0.717, 1.165) is 4.88 Å². The van der Waals surface area contributed by atoms with Crippen molar-refractivity contribution in [3.05, 3.63) is 45.1 Å². The van der Waals surface area contributed by atoms with E-state index >= 15 is 0 Å². The molecule has 0 unspecified atom stereocenters. The quantitative estimate of drug-likeness (QED) is 0.945. The maximum atomic E-state index is 11.7. The highest BCUT2D eigenvalue weighted by Gasteiger charge is 2.10. The van der Waals surface area contributed by atoms with E-state index in [4.69, 9.17) is 0 Å². The van der Waals surface area contributed by atoms with Crippen molar-refractivity contribution in [3.63, 3.8) is 0 Å². The van der Waals surface area contributed by atoms with Crippen molar-refractivity contribution in [2.24, 2.45) is 0 Å². The minimum atomic E-state index is -0.194. The van der Waals surface area contributed by atoms with Gasteiger partial charge in [0.2, 0.25) is 0 Å². The molecule has 0 radical (unpaired) electrons. The average molecular weight is 298 g/mol. The zero-order chi connectivity index (χ0) is 11.4.